The predicted octanol–water partition coefficient (Wildman–Crippen LogP) is 2.69. The van der Waals surface area contributed by atoms with E-state index in [2.05, 4.69) is 47.4 Å². The molecule has 1 N–H and O–H groups in total. The fourth-order valence-electron chi connectivity index (χ4n) is 1.97. The number of ether oxygens (including phenoxy) is 1. The third-order valence-electron chi connectivity index (χ3n) is 2.97. The summed E-state index contributed by atoms with van der Waals surface area (Å²) in [6.45, 7) is 3.98. The molecule has 1 heterocycles. The van der Waals surface area contributed by atoms with E-state index in [1.807, 2.05) is 0 Å². The van der Waals surface area contributed by atoms with Gasteiger partial charge in [0.2, 0.25) is 0 Å². The van der Waals surface area contributed by atoms with Crippen molar-refractivity contribution in [2.24, 2.45) is 0 Å². The maximum Gasteiger partial charge on any atom is 0.0476 e. The third kappa shape index (κ3) is 5.11. The summed E-state index contributed by atoms with van der Waals surface area (Å²) >= 11 is 2.09. The maximum atomic E-state index is 5.36. The van der Waals surface area contributed by atoms with E-state index >= 15 is 0 Å². The fraction of sp³-hybridized carbons (Fsp3) is 0.571. The molecule has 0 aliphatic carbocycles. The highest BCUT2D eigenvalue weighted by atomic mass is 32.2. The molecule has 94 valence electrons. The molecule has 0 bridgehead atoms. The Morgan fingerprint density at radius 1 is 1.18 bits per heavy atom. The maximum absolute atomic E-state index is 5.36. The molecule has 1 aliphatic rings. The van der Waals surface area contributed by atoms with E-state index in [4.69, 9.17) is 4.74 Å². The summed E-state index contributed by atoms with van der Waals surface area (Å²) in [7, 11) is 0. The van der Waals surface area contributed by atoms with Crippen LogP contribution in [0.2, 0.25) is 0 Å². The standard InChI is InChI=1S/C14H21NOS/c1-2-4-13(5-3-1)12-15-8-11-17-14-6-9-16-10-7-14/h1-5,14-15H,6-12H2. The van der Waals surface area contributed by atoms with Crippen molar-refractivity contribution in [3.8, 4) is 0 Å². The van der Waals surface area contributed by atoms with Gasteiger partial charge in [0.25, 0.3) is 0 Å². The van der Waals surface area contributed by atoms with Crippen molar-refractivity contribution >= 4 is 11.8 Å². The Hall–Kier alpha value is -0.510. The molecule has 1 fully saturated rings. The molecule has 0 aromatic heterocycles. The summed E-state index contributed by atoms with van der Waals surface area (Å²) < 4.78 is 5.36. The van der Waals surface area contributed by atoms with Gasteiger partial charge in [-0.1, -0.05) is 30.3 Å². The van der Waals surface area contributed by atoms with E-state index in [1.54, 1.807) is 0 Å². The lowest BCUT2D eigenvalue weighted by Gasteiger charge is -2.21. The van der Waals surface area contributed by atoms with Crippen LogP contribution in [0.4, 0.5) is 0 Å². The first kappa shape index (κ1) is 12.9. The van der Waals surface area contributed by atoms with E-state index in [-0.39, 0.29) is 0 Å². The van der Waals surface area contributed by atoms with Crippen LogP contribution in [0.3, 0.4) is 0 Å². The summed E-state index contributed by atoms with van der Waals surface area (Å²) in [6.07, 6.45) is 2.45. The minimum atomic E-state index is 0.822. The molecule has 0 saturated carbocycles. The Bertz CT molecular complexity index is 298. The van der Waals surface area contributed by atoms with E-state index in [1.165, 1.54) is 24.2 Å². The molecule has 2 nitrogen and oxygen atoms in total. The van der Waals surface area contributed by atoms with E-state index in [0.29, 0.717) is 0 Å². The van der Waals surface area contributed by atoms with Gasteiger partial charge in [-0.3, -0.25) is 0 Å². The first-order valence-electron chi connectivity index (χ1n) is 6.39. The second kappa shape index (κ2) is 7.75. The number of hydrogen-bond acceptors (Lipinski definition) is 3. The van der Waals surface area contributed by atoms with Gasteiger partial charge >= 0.3 is 0 Å². The molecule has 1 aliphatic heterocycles. The van der Waals surface area contributed by atoms with Gasteiger partial charge in [-0.15, -0.1) is 0 Å². The van der Waals surface area contributed by atoms with Crippen LogP contribution in [-0.4, -0.2) is 30.8 Å². The molecular formula is C14H21NOS. The van der Waals surface area contributed by atoms with Crippen LogP contribution in [0.15, 0.2) is 30.3 Å². The topological polar surface area (TPSA) is 21.3 Å². The summed E-state index contributed by atoms with van der Waals surface area (Å²) in [5, 5.41) is 4.31. The molecule has 0 radical (unpaired) electrons. The first-order valence-corrected chi connectivity index (χ1v) is 7.44. The molecule has 2 rings (SSSR count). The molecule has 0 amide bonds. The second-order valence-electron chi connectivity index (χ2n) is 4.34. The summed E-state index contributed by atoms with van der Waals surface area (Å²) in [5.41, 5.74) is 1.36. The molecule has 1 saturated heterocycles. The van der Waals surface area contributed by atoms with Crippen LogP contribution in [0.1, 0.15) is 18.4 Å². The number of thioether (sulfide) groups is 1. The minimum absolute atomic E-state index is 0.822. The van der Waals surface area contributed by atoms with Crippen molar-refractivity contribution in [1.82, 2.24) is 5.32 Å². The quantitative estimate of drug-likeness (QED) is 0.786. The Kier molecular flexibility index (Phi) is 5.89. The van der Waals surface area contributed by atoms with Gasteiger partial charge in [-0.25, -0.2) is 0 Å². The lowest BCUT2D eigenvalue weighted by atomic mass is 10.2. The van der Waals surface area contributed by atoms with Crippen molar-refractivity contribution in [1.29, 1.82) is 0 Å². The predicted molar refractivity (Wildman–Crippen MR) is 74.4 cm³/mol. The number of nitrogens with one attached hydrogen (secondary N) is 1. The highest BCUT2D eigenvalue weighted by molar-refractivity contribution is 7.99. The van der Waals surface area contributed by atoms with Crippen molar-refractivity contribution in [3.05, 3.63) is 35.9 Å². The van der Waals surface area contributed by atoms with Crippen LogP contribution in [-0.2, 0) is 11.3 Å². The fourth-order valence-corrected chi connectivity index (χ4v) is 3.09. The lowest BCUT2D eigenvalue weighted by molar-refractivity contribution is 0.100. The Morgan fingerprint density at radius 3 is 2.71 bits per heavy atom. The van der Waals surface area contributed by atoms with E-state index in [0.717, 1.165) is 31.6 Å². The smallest absolute Gasteiger partial charge is 0.0476 e. The lowest BCUT2D eigenvalue weighted by Crippen LogP contribution is -2.21. The van der Waals surface area contributed by atoms with Gasteiger partial charge in [0.1, 0.15) is 0 Å². The zero-order valence-electron chi connectivity index (χ0n) is 10.2. The van der Waals surface area contributed by atoms with Crippen LogP contribution in [0.5, 0.6) is 0 Å². The van der Waals surface area contributed by atoms with E-state index in [9.17, 15) is 0 Å². The van der Waals surface area contributed by atoms with Gasteiger partial charge in [0.15, 0.2) is 0 Å². The van der Waals surface area contributed by atoms with E-state index < -0.39 is 0 Å². The SMILES string of the molecule is c1ccc(CNCCSC2CCOCC2)cc1. The number of hydrogen-bond donors (Lipinski definition) is 1. The minimum Gasteiger partial charge on any atom is -0.381 e. The van der Waals surface area contributed by atoms with Gasteiger partial charge in [0, 0.05) is 37.3 Å². The second-order valence-corrected chi connectivity index (χ2v) is 5.75. The molecule has 1 aromatic carbocycles. The van der Waals surface area contributed by atoms with Crippen molar-refractivity contribution in [3.63, 3.8) is 0 Å². The molecule has 3 heteroatoms. The van der Waals surface area contributed by atoms with Crippen LogP contribution in [0.25, 0.3) is 0 Å². The first-order chi connectivity index (χ1) is 8.45. The monoisotopic (exact) mass is 251 g/mol. The molecule has 0 unspecified atom stereocenters. The molecule has 1 aromatic rings. The zero-order chi connectivity index (χ0) is 11.8. The zero-order valence-corrected chi connectivity index (χ0v) is 11.0. The van der Waals surface area contributed by atoms with Crippen LogP contribution >= 0.6 is 11.8 Å². The van der Waals surface area contributed by atoms with Gasteiger partial charge in [-0.2, -0.15) is 11.8 Å². The summed E-state index contributed by atoms with van der Waals surface area (Å²) in [6, 6.07) is 10.6. The molecular weight excluding hydrogens is 230 g/mol. The molecule has 0 spiro atoms. The largest absolute Gasteiger partial charge is 0.381 e. The Morgan fingerprint density at radius 2 is 1.94 bits per heavy atom. The average Bonchev–Trinajstić information content (AvgIpc) is 2.41. The molecule has 17 heavy (non-hydrogen) atoms. The Labute approximate surface area is 108 Å². The van der Waals surface area contributed by atoms with Gasteiger partial charge in [-0.05, 0) is 18.4 Å². The van der Waals surface area contributed by atoms with Crippen molar-refractivity contribution < 1.29 is 4.74 Å². The van der Waals surface area contributed by atoms with Crippen molar-refractivity contribution in [2.75, 3.05) is 25.5 Å². The average molecular weight is 251 g/mol. The third-order valence-corrected chi connectivity index (χ3v) is 4.36. The number of benzene rings is 1. The van der Waals surface area contributed by atoms with Gasteiger partial charge in [0.05, 0.1) is 0 Å². The summed E-state index contributed by atoms with van der Waals surface area (Å²) in [5.74, 6) is 1.21. The highest BCUT2D eigenvalue weighted by Gasteiger charge is 2.13. The van der Waals surface area contributed by atoms with Crippen LogP contribution < -0.4 is 5.32 Å². The normalized spacial score (nSPS) is 17.2. The summed E-state index contributed by atoms with van der Waals surface area (Å²) in [4.78, 5) is 0. The van der Waals surface area contributed by atoms with Crippen LogP contribution in [0, 0.1) is 0 Å². The Balaban J connectivity index is 1.51. The highest BCUT2D eigenvalue weighted by Crippen LogP contribution is 2.21. The van der Waals surface area contributed by atoms with Crippen molar-refractivity contribution in [2.45, 2.75) is 24.6 Å². The molecule has 0 atom stereocenters. The van der Waals surface area contributed by atoms with Gasteiger partial charge < -0.3 is 10.1 Å². The number of rotatable bonds is 6.